The molecule has 204 valence electrons. The third kappa shape index (κ3) is 7.28. The molecule has 3 rings (SSSR count). The Morgan fingerprint density at radius 1 is 1.03 bits per heavy atom. The molecule has 14 heteroatoms. The standard InChI is InChI=1S/C21H41N5O9/c22-2-1-12(28)20(31)26-10-3-9(24)4-11(5-10)32-16-6-13(15(8-27)33-16)34-21-17(25)19(30)18(29)14(7-23)35-21/h9-19,21,27-30H,1-8,22-25H2,(H,26,31)/t9?,10?,11?,12?,13-,14-,15?,16?,17+,18+,19?,21-/m0/s1. The summed E-state index contributed by atoms with van der Waals surface area (Å²) in [7, 11) is 0. The van der Waals surface area contributed by atoms with Crippen molar-refractivity contribution in [2.24, 2.45) is 22.9 Å². The molecule has 2 aliphatic heterocycles. The second-order valence-electron chi connectivity index (χ2n) is 9.56. The van der Waals surface area contributed by atoms with E-state index in [1.807, 2.05) is 0 Å². The molecule has 1 aliphatic carbocycles. The molecule has 3 aliphatic rings. The number of nitrogens with one attached hydrogen (secondary N) is 1. The van der Waals surface area contributed by atoms with E-state index < -0.39 is 61.2 Å². The second-order valence-corrected chi connectivity index (χ2v) is 9.56. The fourth-order valence-corrected chi connectivity index (χ4v) is 4.85. The lowest BCUT2D eigenvalue weighted by Crippen LogP contribution is -2.63. The number of aliphatic hydroxyl groups excluding tert-OH is 4. The van der Waals surface area contributed by atoms with Gasteiger partial charge in [0.1, 0.15) is 30.5 Å². The number of hydrogen-bond acceptors (Lipinski definition) is 13. The lowest BCUT2D eigenvalue weighted by molar-refractivity contribution is -0.274. The summed E-state index contributed by atoms with van der Waals surface area (Å²) in [6.07, 6.45) is -6.05. The number of nitrogens with two attached hydrogens (primary N) is 4. The zero-order valence-corrected chi connectivity index (χ0v) is 19.7. The maximum absolute atomic E-state index is 12.2. The molecule has 0 radical (unpaired) electrons. The first-order valence-corrected chi connectivity index (χ1v) is 12.1. The van der Waals surface area contributed by atoms with E-state index in [2.05, 4.69) is 5.32 Å². The van der Waals surface area contributed by atoms with Crippen molar-refractivity contribution in [1.82, 2.24) is 5.32 Å². The SMILES string of the molecule is NCCC(O)C(=O)NC1CC(N)CC(OC2C[C@H](O[C@H]3O[C@@H](CN)[C@@H](O)C(O)[C@H]3N)C(CO)O2)C1. The molecule has 3 fully saturated rings. The molecule has 7 unspecified atom stereocenters. The first-order valence-electron chi connectivity index (χ1n) is 12.1. The smallest absolute Gasteiger partial charge is 0.249 e. The summed E-state index contributed by atoms with van der Waals surface area (Å²) in [6, 6.07) is -1.52. The van der Waals surface area contributed by atoms with Crippen LogP contribution in [0, 0.1) is 0 Å². The van der Waals surface area contributed by atoms with Crippen LogP contribution in [-0.2, 0) is 23.7 Å². The van der Waals surface area contributed by atoms with Crippen LogP contribution in [0.2, 0.25) is 0 Å². The van der Waals surface area contributed by atoms with Crippen LogP contribution in [0.25, 0.3) is 0 Å². The van der Waals surface area contributed by atoms with Crippen molar-refractivity contribution >= 4 is 5.91 Å². The van der Waals surface area contributed by atoms with E-state index in [0.29, 0.717) is 19.3 Å². The number of rotatable bonds is 10. The molecule has 0 aromatic rings. The number of carbonyl (C=O) groups excluding carboxylic acids is 1. The predicted octanol–water partition coefficient (Wildman–Crippen LogP) is -4.70. The van der Waals surface area contributed by atoms with Gasteiger partial charge in [-0.3, -0.25) is 4.79 Å². The summed E-state index contributed by atoms with van der Waals surface area (Å²) < 4.78 is 23.5. The van der Waals surface area contributed by atoms with E-state index in [4.69, 9.17) is 41.9 Å². The average molecular weight is 508 g/mol. The van der Waals surface area contributed by atoms with Gasteiger partial charge in [-0.25, -0.2) is 0 Å². The summed E-state index contributed by atoms with van der Waals surface area (Å²) in [6.45, 7) is -0.189. The fourth-order valence-electron chi connectivity index (χ4n) is 4.85. The minimum Gasteiger partial charge on any atom is -0.394 e. The summed E-state index contributed by atoms with van der Waals surface area (Å²) in [4.78, 5) is 12.2. The number of ether oxygens (including phenoxy) is 4. The van der Waals surface area contributed by atoms with Crippen LogP contribution >= 0.6 is 0 Å². The Labute approximate surface area is 204 Å². The zero-order chi connectivity index (χ0) is 25.7. The van der Waals surface area contributed by atoms with Crippen molar-refractivity contribution in [3.8, 4) is 0 Å². The van der Waals surface area contributed by atoms with Crippen LogP contribution in [0.4, 0.5) is 0 Å². The highest BCUT2D eigenvalue weighted by atomic mass is 16.7. The Morgan fingerprint density at radius 2 is 1.77 bits per heavy atom. The van der Waals surface area contributed by atoms with E-state index in [1.165, 1.54) is 0 Å². The van der Waals surface area contributed by atoms with Gasteiger partial charge < -0.3 is 67.6 Å². The highest BCUT2D eigenvalue weighted by Crippen LogP contribution is 2.31. The molecule has 12 atom stereocenters. The van der Waals surface area contributed by atoms with Crippen molar-refractivity contribution in [2.75, 3.05) is 19.7 Å². The predicted molar refractivity (Wildman–Crippen MR) is 121 cm³/mol. The largest absolute Gasteiger partial charge is 0.394 e. The van der Waals surface area contributed by atoms with Crippen LogP contribution in [0.1, 0.15) is 32.1 Å². The van der Waals surface area contributed by atoms with Gasteiger partial charge >= 0.3 is 0 Å². The molecule has 0 aromatic heterocycles. The zero-order valence-electron chi connectivity index (χ0n) is 19.7. The second kappa shape index (κ2) is 13.0. The quantitative estimate of drug-likeness (QED) is 0.135. The molecule has 0 spiro atoms. The van der Waals surface area contributed by atoms with Gasteiger partial charge in [0.25, 0.3) is 0 Å². The number of hydrogen-bond donors (Lipinski definition) is 9. The number of aliphatic hydroxyl groups is 4. The van der Waals surface area contributed by atoms with E-state index >= 15 is 0 Å². The first kappa shape index (κ1) is 28.6. The molecule has 1 saturated carbocycles. The van der Waals surface area contributed by atoms with Gasteiger partial charge in [-0.05, 0) is 32.2 Å². The molecule has 35 heavy (non-hydrogen) atoms. The van der Waals surface area contributed by atoms with Crippen molar-refractivity contribution in [1.29, 1.82) is 0 Å². The van der Waals surface area contributed by atoms with Gasteiger partial charge in [-0.1, -0.05) is 0 Å². The first-order chi connectivity index (χ1) is 16.7. The van der Waals surface area contributed by atoms with Crippen molar-refractivity contribution in [3.63, 3.8) is 0 Å². The van der Waals surface area contributed by atoms with E-state index in [9.17, 15) is 25.2 Å². The lowest BCUT2D eigenvalue weighted by atomic mass is 9.89. The summed E-state index contributed by atoms with van der Waals surface area (Å²) in [5, 5.41) is 42.7. The molecule has 0 bridgehead atoms. The van der Waals surface area contributed by atoms with Crippen LogP contribution < -0.4 is 28.3 Å². The van der Waals surface area contributed by atoms with Crippen LogP contribution in [0.3, 0.4) is 0 Å². The van der Waals surface area contributed by atoms with Gasteiger partial charge in [-0.2, -0.15) is 0 Å². The highest BCUT2D eigenvalue weighted by molar-refractivity contribution is 5.80. The normalized spacial score (nSPS) is 43.1. The summed E-state index contributed by atoms with van der Waals surface area (Å²) in [5.41, 5.74) is 23.1. The average Bonchev–Trinajstić information content (AvgIpc) is 3.20. The molecule has 1 amide bonds. The van der Waals surface area contributed by atoms with E-state index in [0.717, 1.165) is 0 Å². The third-order valence-electron chi connectivity index (χ3n) is 6.77. The topological polar surface area (TPSA) is 251 Å². The molecule has 2 saturated heterocycles. The molecular formula is C21H41N5O9. The van der Waals surface area contributed by atoms with Gasteiger partial charge in [0.05, 0.1) is 24.9 Å². The van der Waals surface area contributed by atoms with Crippen molar-refractivity contribution < 1.29 is 44.2 Å². The van der Waals surface area contributed by atoms with Crippen LogP contribution in [-0.4, -0.2) is 119 Å². The Kier molecular flexibility index (Phi) is 10.6. The van der Waals surface area contributed by atoms with Gasteiger partial charge in [0.2, 0.25) is 5.91 Å². The number of carbonyl (C=O) groups is 1. The monoisotopic (exact) mass is 507 g/mol. The number of amides is 1. The molecule has 0 aromatic carbocycles. The lowest BCUT2D eigenvalue weighted by Gasteiger charge is -2.41. The maximum atomic E-state index is 12.2. The molecule has 2 heterocycles. The van der Waals surface area contributed by atoms with E-state index in [-0.39, 0.29) is 50.7 Å². The van der Waals surface area contributed by atoms with Crippen molar-refractivity contribution in [3.05, 3.63) is 0 Å². The minimum absolute atomic E-state index is 0.0377. The summed E-state index contributed by atoms with van der Waals surface area (Å²) in [5.74, 6) is -0.494. The van der Waals surface area contributed by atoms with Gasteiger partial charge in [0.15, 0.2) is 12.6 Å². The van der Waals surface area contributed by atoms with Gasteiger partial charge in [0, 0.05) is 25.0 Å². The summed E-state index contributed by atoms with van der Waals surface area (Å²) >= 11 is 0. The maximum Gasteiger partial charge on any atom is 0.249 e. The van der Waals surface area contributed by atoms with Crippen LogP contribution in [0.5, 0.6) is 0 Å². The molecule has 13 N–H and O–H groups in total. The fraction of sp³-hybridized carbons (Fsp3) is 0.952. The Hall–Kier alpha value is -1.01. The van der Waals surface area contributed by atoms with Crippen molar-refractivity contribution in [2.45, 2.75) is 106 Å². The molecular weight excluding hydrogens is 466 g/mol. The Bertz CT molecular complexity index is 677. The third-order valence-corrected chi connectivity index (χ3v) is 6.77. The Balaban J connectivity index is 1.55. The van der Waals surface area contributed by atoms with Gasteiger partial charge in [-0.15, -0.1) is 0 Å². The van der Waals surface area contributed by atoms with E-state index in [1.54, 1.807) is 0 Å². The Morgan fingerprint density at radius 3 is 2.43 bits per heavy atom. The minimum atomic E-state index is -1.29. The molecule has 14 nitrogen and oxygen atoms in total. The van der Waals surface area contributed by atoms with Crippen LogP contribution in [0.15, 0.2) is 0 Å². The highest BCUT2D eigenvalue weighted by Gasteiger charge is 2.46.